The SMILES string of the molecule is CCNC(=NCCCOC1CCOCC1)NC(C)c1cc2ccccc2o1.I. The largest absolute Gasteiger partial charge is 0.459 e. The molecule has 1 unspecified atom stereocenters. The zero-order valence-corrected chi connectivity index (χ0v) is 19.1. The molecule has 0 aliphatic carbocycles. The van der Waals surface area contributed by atoms with Crippen molar-refractivity contribution < 1.29 is 13.9 Å². The Hall–Kier alpha value is -1.32. The predicted octanol–water partition coefficient (Wildman–Crippen LogP) is 4.25. The maximum absolute atomic E-state index is 5.94. The molecule has 0 radical (unpaired) electrons. The van der Waals surface area contributed by atoms with Crippen LogP contribution in [0.1, 0.15) is 44.9 Å². The molecule has 1 aromatic heterocycles. The lowest BCUT2D eigenvalue weighted by molar-refractivity contribution is -0.0318. The summed E-state index contributed by atoms with van der Waals surface area (Å²) in [6, 6.07) is 10.2. The molecule has 0 bridgehead atoms. The molecule has 1 atom stereocenters. The fourth-order valence-corrected chi connectivity index (χ4v) is 3.16. The van der Waals surface area contributed by atoms with Gasteiger partial charge in [-0.25, -0.2) is 0 Å². The van der Waals surface area contributed by atoms with E-state index in [4.69, 9.17) is 13.9 Å². The van der Waals surface area contributed by atoms with Gasteiger partial charge in [0.25, 0.3) is 0 Å². The molecule has 2 N–H and O–H groups in total. The molecule has 1 aliphatic rings. The topological polar surface area (TPSA) is 68.0 Å². The molecule has 3 rings (SSSR count). The number of fused-ring (bicyclic) bond motifs is 1. The summed E-state index contributed by atoms with van der Waals surface area (Å²) in [4.78, 5) is 4.66. The van der Waals surface area contributed by atoms with Gasteiger partial charge in [0.05, 0.1) is 12.1 Å². The van der Waals surface area contributed by atoms with Crippen LogP contribution in [0.4, 0.5) is 0 Å². The van der Waals surface area contributed by atoms with Gasteiger partial charge in [0.1, 0.15) is 11.3 Å². The van der Waals surface area contributed by atoms with Gasteiger partial charge in [0.2, 0.25) is 0 Å². The molecule has 1 fully saturated rings. The fourth-order valence-electron chi connectivity index (χ4n) is 3.16. The van der Waals surface area contributed by atoms with Crippen LogP contribution >= 0.6 is 24.0 Å². The normalized spacial score (nSPS) is 16.6. The zero-order valence-electron chi connectivity index (χ0n) is 16.8. The van der Waals surface area contributed by atoms with Gasteiger partial charge < -0.3 is 24.5 Å². The number of benzene rings is 1. The number of halogens is 1. The lowest BCUT2D eigenvalue weighted by Crippen LogP contribution is -2.38. The maximum atomic E-state index is 5.94. The van der Waals surface area contributed by atoms with E-state index in [-0.39, 0.29) is 30.0 Å². The Morgan fingerprint density at radius 1 is 1.29 bits per heavy atom. The van der Waals surface area contributed by atoms with Crippen molar-refractivity contribution in [2.24, 2.45) is 4.99 Å². The Morgan fingerprint density at radius 2 is 2.07 bits per heavy atom. The van der Waals surface area contributed by atoms with Crippen LogP contribution < -0.4 is 10.6 Å². The number of guanidine groups is 1. The van der Waals surface area contributed by atoms with Gasteiger partial charge in [0.15, 0.2) is 5.96 Å². The van der Waals surface area contributed by atoms with Crippen molar-refractivity contribution in [1.29, 1.82) is 0 Å². The van der Waals surface area contributed by atoms with Gasteiger partial charge in [-0.15, -0.1) is 24.0 Å². The van der Waals surface area contributed by atoms with Crippen LogP contribution in [-0.4, -0.2) is 45.0 Å². The van der Waals surface area contributed by atoms with Gasteiger partial charge in [-0.2, -0.15) is 0 Å². The minimum absolute atomic E-state index is 0. The summed E-state index contributed by atoms with van der Waals surface area (Å²) in [6.45, 7) is 8.07. The van der Waals surface area contributed by atoms with Crippen LogP contribution in [0.25, 0.3) is 11.0 Å². The van der Waals surface area contributed by atoms with E-state index in [2.05, 4.69) is 41.6 Å². The predicted molar refractivity (Wildman–Crippen MR) is 124 cm³/mol. The number of hydrogen-bond donors (Lipinski definition) is 2. The molecular weight excluding hydrogens is 469 g/mol. The number of nitrogens with one attached hydrogen (secondary N) is 2. The quantitative estimate of drug-likeness (QED) is 0.245. The number of furan rings is 1. The molecule has 0 saturated carbocycles. The van der Waals surface area contributed by atoms with Gasteiger partial charge in [0, 0.05) is 38.3 Å². The Bertz CT molecular complexity index is 696. The highest BCUT2D eigenvalue weighted by Gasteiger charge is 2.14. The first kappa shape index (κ1) is 23.0. The standard InChI is InChI=1S/C21H31N3O3.HI/c1-3-22-21(23-11-6-12-26-18-9-13-25-14-10-18)24-16(2)20-15-17-7-4-5-8-19(17)27-20;/h4-5,7-8,15-16,18H,3,6,9-14H2,1-2H3,(H2,22,23,24);1H. The molecule has 1 saturated heterocycles. The second-order valence-electron chi connectivity index (χ2n) is 6.85. The summed E-state index contributed by atoms with van der Waals surface area (Å²) < 4.78 is 17.2. The lowest BCUT2D eigenvalue weighted by atomic mass is 10.1. The van der Waals surface area contributed by atoms with Crippen molar-refractivity contribution in [2.45, 2.75) is 45.3 Å². The van der Waals surface area contributed by atoms with Crippen molar-refractivity contribution in [3.8, 4) is 0 Å². The van der Waals surface area contributed by atoms with Crippen LogP contribution in [0.3, 0.4) is 0 Å². The first-order chi connectivity index (χ1) is 13.3. The second-order valence-corrected chi connectivity index (χ2v) is 6.85. The van der Waals surface area contributed by atoms with Crippen LogP contribution in [-0.2, 0) is 9.47 Å². The van der Waals surface area contributed by atoms with Crippen molar-refractivity contribution in [3.05, 3.63) is 36.1 Å². The number of aliphatic imine (C=N–C) groups is 1. The number of nitrogens with zero attached hydrogens (tertiary/aromatic N) is 1. The van der Waals surface area contributed by atoms with Crippen molar-refractivity contribution in [3.63, 3.8) is 0 Å². The zero-order chi connectivity index (χ0) is 18.9. The summed E-state index contributed by atoms with van der Waals surface area (Å²) in [6.07, 6.45) is 3.26. The molecule has 7 heteroatoms. The molecule has 1 aliphatic heterocycles. The molecular formula is C21H32IN3O3. The average molecular weight is 501 g/mol. The minimum atomic E-state index is 0. The summed E-state index contributed by atoms with van der Waals surface area (Å²) in [7, 11) is 0. The van der Waals surface area contributed by atoms with Crippen molar-refractivity contribution in [2.75, 3.05) is 32.9 Å². The smallest absolute Gasteiger partial charge is 0.191 e. The molecule has 0 amide bonds. The summed E-state index contributed by atoms with van der Waals surface area (Å²) in [5.41, 5.74) is 0.911. The lowest BCUT2D eigenvalue weighted by Gasteiger charge is -2.22. The summed E-state index contributed by atoms with van der Waals surface area (Å²) in [5, 5.41) is 7.84. The number of rotatable bonds is 8. The van der Waals surface area contributed by atoms with Crippen LogP contribution in [0.2, 0.25) is 0 Å². The molecule has 2 heterocycles. The average Bonchev–Trinajstić information content (AvgIpc) is 3.13. The number of hydrogen-bond acceptors (Lipinski definition) is 4. The molecule has 0 spiro atoms. The van der Waals surface area contributed by atoms with E-state index in [1.54, 1.807) is 0 Å². The van der Waals surface area contributed by atoms with E-state index in [9.17, 15) is 0 Å². The van der Waals surface area contributed by atoms with Gasteiger partial charge in [-0.1, -0.05) is 18.2 Å². The van der Waals surface area contributed by atoms with Gasteiger partial charge in [-0.05, 0) is 45.2 Å². The Morgan fingerprint density at radius 3 is 2.82 bits per heavy atom. The minimum Gasteiger partial charge on any atom is -0.459 e. The number of ether oxygens (including phenoxy) is 2. The van der Waals surface area contributed by atoms with E-state index < -0.39 is 0 Å². The third kappa shape index (κ3) is 6.93. The molecule has 1 aromatic carbocycles. The first-order valence-corrected chi connectivity index (χ1v) is 9.99. The van der Waals surface area contributed by atoms with Gasteiger partial charge >= 0.3 is 0 Å². The van der Waals surface area contributed by atoms with Crippen LogP contribution in [0, 0.1) is 0 Å². The Labute approximate surface area is 184 Å². The van der Waals surface area contributed by atoms with E-state index in [0.717, 1.165) is 74.9 Å². The summed E-state index contributed by atoms with van der Waals surface area (Å²) >= 11 is 0. The van der Waals surface area contributed by atoms with Crippen LogP contribution in [0.5, 0.6) is 0 Å². The van der Waals surface area contributed by atoms with Crippen molar-refractivity contribution >= 4 is 40.9 Å². The highest BCUT2D eigenvalue weighted by atomic mass is 127. The van der Waals surface area contributed by atoms with E-state index in [1.165, 1.54) is 0 Å². The highest BCUT2D eigenvalue weighted by molar-refractivity contribution is 14.0. The van der Waals surface area contributed by atoms with E-state index in [1.807, 2.05) is 18.2 Å². The second kappa shape index (κ2) is 12.3. The third-order valence-corrected chi connectivity index (χ3v) is 4.66. The van der Waals surface area contributed by atoms with Crippen molar-refractivity contribution in [1.82, 2.24) is 10.6 Å². The summed E-state index contributed by atoms with van der Waals surface area (Å²) in [5.74, 6) is 1.71. The molecule has 156 valence electrons. The Kier molecular flexibility index (Phi) is 10.1. The number of para-hydroxylation sites is 1. The Balaban J connectivity index is 0.00000280. The van der Waals surface area contributed by atoms with Gasteiger partial charge in [-0.3, -0.25) is 4.99 Å². The highest BCUT2D eigenvalue weighted by Crippen LogP contribution is 2.23. The van der Waals surface area contributed by atoms with E-state index in [0.29, 0.717) is 6.10 Å². The first-order valence-electron chi connectivity index (χ1n) is 9.99. The monoisotopic (exact) mass is 501 g/mol. The van der Waals surface area contributed by atoms with Crippen LogP contribution in [0.15, 0.2) is 39.7 Å². The van der Waals surface area contributed by atoms with E-state index >= 15 is 0 Å². The molecule has 2 aromatic rings. The third-order valence-electron chi connectivity index (χ3n) is 4.66. The molecule has 6 nitrogen and oxygen atoms in total. The molecule has 28 heavy (non-hydrogen) atoms. The maximum Gasteiger partial charge on any atom is 0.191 e. The fraction of sp³-hybridized carbons (Fsp3) is 0.571.